The molecule has 1 aliphatic heterocycles. The van der Waals surface area contributed by atoms with Crippen LogP contribution in [0.1, 0.15) is 24.3 Å². The summed E-state index contributed by atoms with van der Waals surface area (Å²) in [6.07, 6.45) is 5.64. The van der Waals surface area contributed by atoms with Crippen molar-refractivity contribution in [3.05, 3.63) is 18.0 Å². The summed E-state index contributed by atoms with van der Waals surface area (Å²) in [6, 6.07) is 0.173. The van der Waals surface area contributed by atoms with Crippen LogP contribution < -0.4 is 5.43 Å². The second-order valence-electron chi connectivity index (χ2n) is 4.76. The number of aliphatic carboxylic acids is 1. The number of hydrogen-bond acceptors (Lipinski definition) is 4. The van der Waals surface area contributed by atoms with E-state index in [9.17, 15) is 4.79 Å². The van der Waals surface area contributed by atoms with Crippen LogP contribution in [-0.4, -0.2) is 32.6 Å². The second kappa shape index (κ2) is 3.58. The molecule has 0 amide bonds. The van der Waals surface area contributed by atoms with Gasteiger partial charge in [-0.1, -0.05) is 0 Å². The molecule has 6 nitrogen and oxygen atoms in total. The van der Waals surface area contributed by atoms with E-state index in [1.165, 1.54) is 5.56 Å². The van der Waals surface area contributed by atoms with Crippen molar-refractivity contribution in [3.8, 4) is 0 Å². The molecule has 6 heteroatoms. The van der Waals surface area contributed by atoms with Gasteiger partial charge in [-0.2, -0.15) is 10.2 Å². The van der Waals surface area contributed by atoms with Crippen LogP contribution in [0, 0.1) is 5.92 Å². The zero-order valence-electron chi connectivity index (χ0n) is 9.50. The number of carbonyl (C=O) groups is 1. The summed E-state index contributed by atoms with van der Waals surface area (Å²) >= 11 is 0. The van der Waals surface area contributed by atoms with Gasteiger partial charge in [-0.15, -0.1) is 0 Å². The first-order valence-corrected chi connectivity index (χ1v) is 5.70. The standard InChI is InChI=1S/C11H14N4O2/c1-15-5-7(4-12-15)6-2-8-9(3-6)13-14-10(8)11(16)17/h4-6,8-9,13H,2-3H2,1H3,(H,16,17). The van der Waals surface area contributed by atoms with Crippen molar-refractivity contribution in [2.24, 2.45) is 18.1 Å². The number of aromatic nitrogens is 2. The highest BCUT2D eigenvalue weighted by molar-refractivity contribution is 6.37. The average Bonchev–Trinajstić information content (AvgIpc) is 2.89. The van der Waals surface area contributed by atoms with Gasteiger partial charge in [0.25, 0.3) is 0 Å². The summed E-state index contributed by atoms with van der Waals surface area (Å²) in [4.78, 5) is 11.0. The zero-order valence-corrected chi connectivity index (χ0v) is 9.50. The van der Waals surface area contributed by atoms with Crippen LogP contribution in [0.3, 0.4) is 0 Å². The molecule has 1 fully saturated rings. The number of rotatable bonds is 2. The van der Waals surface area contributed by atoms with E-state index in [1.54, 1.807) is 4.68 Å². The van der Waals surface area contributed by atoms with Crippen molar-refractivity contribution in [1.29, 1.82) is 0 Å². The van der Waals surface area contributed by atoms with E-state index < -0.39 is 5.97 Å². The molecule has 1 saturated carbocycles. The van der Waals surface area contributed by atoms with Gasteiger partial charge in [0.15, 0.2) is 0 Å². The number of nitrogens with one attached hydrogen (secondary N) is 1. The lowest BCUT2D eigenvalue weighted by Gasteiger charge is -2.07. The molecule has 17 heavy (non-hydrogen) atoms. The van der Waals surface area contributed by atoms with Gasteiger partial charge in [0.05, 0.1) is 12.2 Å². The Bertz CT molecular complexity index is 493. The van der Waals surface area contributed by atoms with Crippen molar-refractivity contribution >= 4 is 11.7 Å². The molecule has 2 heterocycles. The van der Waals surface area contributed by atoms with Crippen LogP contribution >= 0.6 is 0 Å². The van der Waals surface area contributed by atoms with E-state index in [0.29, 0.717) is 5.92 Å². The number of hydrogen-bond donors (Lipinski definition) is 2. The van der Waals surface area contributed by atoms with Gasteiger partial charge in [0.1, 0.15) is 5.71 Å². The number of carboxylic acid groups (broad SMARTS) is 1. The fraction of sp³-hybridized carbons (Fsp3) is 0.545. The number of nitrogens with zero attached hydrogens (tertiary/aromatic N) is 3. The molecule has 3 unspecified atom stereocenters. The van der Waals surface area contributed by atoms with E-state index in [0.717, 1.165) is 12.8 Å². The first-order chi connectivity index (χ1) is 8.15. The maximum absolute atomic E-state index is 11.0. The Balaban J connectivity index is 1.79. The number of aryl methyl sites for hydroxylation is 1. The van der Waals surface area contributed by atoms with E-state index in [4.69, 9.17) is 5.11 Å². The predicted octanol–water partition coefficient (Wildman–Crippen LogP) is 0.326. The Labute approximate surface area is 98.3 Å². The fourth-order valence-corrected chi connectivity index (χ4v) is 2.85. The quantitative estimate of drug-likeness (QED) is 0.772. The Morgan fingerprint density at radius 2 is 2.41 bits per heavy atom. The largest absolute Gasteiger partial charge is 0.477 e. The third-order valence-electron chi connectivity index (χ3n) is 3.68. The first kappa shape index (κ1) is 10.3. The van der Waals surface area contributed by atoms with E-state index in [2.05, 4.69) is 15.6 Å². The Kier molecular flexibility index (Phi) is 2.17. The summed E-state index contributed by atoms with van der Waals surface area (Å²) in [5.74, 6) is -0.481. The molecule has 90 valence electrons. The molecule has 2 N–H and O–H groups in total. The van der Waals surface area contributed by atoms with Gasteiger partial charge >= 0.3 is 5.97 Å². The monoisotopic (exact) mass is 234 g/mol. The van der Waals surface area contributed by atoms with Gasteiger partial charge in [-0.3, -0.25) is 4.68 Å². The van der Waals surface area contributed by atoms with Crippen LogP contribution in [0.5, 0.6) is 0 Å². The Morgan fingerprint density at radius 1 is 1.59 bits per heavy atom. The van der Waals surface area contributed by atoms with Crippen LogP contribution in [0.4, 0.5) is 0 Å². The molecule has 0 bridgehead atoms. The SMILES string of the molecule is Cn1cc(C2CC3NN=C(C(=O)O)C3C2)cn1. The molecule has 2 aliphatic rings. The molecule has 0 saturated heterocycles. The predicted molar refractivity (Wildman–Crippen MR) is 60.7 cm³/mol. The van der Waals surface area contributed by atoms with Crippen LogP contribution in [0.2, 0.25) is 0 Å². The Hall–Kier alpha value is -1.85. The van der Waals surface area contributed by atoms with Crippen LogP contribution in [0.15, 0.2) is 17.5 Å². The van der Waals surface area contributed by atoms with E-state index in [-0.39, 0.29) is 17.7 Å². The highest BCUT2D eigenvalue weighted by Gasteiger charge is 2.43. The third-order valence-corrected chi connectivity index (χ3v) is 3.68. The molecule has 0 spiro atoms. The minimum Gasteiger partial charge on any atom is -0.477 e. The van der Waals surface area contributed by atoms with E-state index >= 15 is 0 Å². The average molecular weight is 234 g/mol. The maximum atomic E-state index is 11.0. The van der Waals surface area contributed by atoms with E-state index in [1.807, 2.05) is 19.4 Å². The molecular weight excluding hydrogens is 220 g/mol. The molecule has 3 rings (SSSR count). The minimum atomic E-state index is -0.906. The summed E-state index contributed by atoms with van der Waals surface area (Å²) in [5, 5.41) is 17.1. The summed E-state index contributed by atoms with van der Waals surface area (Å²) < 4.78 is 1.78. The first-order valence-electron chi connectivity index (χ1n) is 5.70. The normalized spacial score (nSPS) is 30.9. The van der Waals surface area contributed by atoms with Gasteiger partial charge < -0.3 is 10.5 Å². The van der Waals surface area contributed by atoms with Gasteiger partial charge in [-0.05, 0) is 24.3 Å². The van der Waals surface area contributed by atoms with Crippen molar-refractivity contribution in [3.63, 3.8) is 0 Å². The number of fused-ring (bicyclic) bond motifs is 1. The minimum absolute atomic E-state index is 0.0395. The van der Waals surface area contributed by atoms with Crippen molar-refractivity contribution in [1.82, 2.24) is 15.2 Å². The molecular formula is C11H14N4O2. The van der Waals surface area contributed by atoms with Crippen molar-refractivity contribution in [2.75, 3.05) is 0 Å². The zero-order chi connectivity index (χ0) is 12.0. The number of carboxylic acids is 1. The highest BCUT2D eigenvalue weighted by Crippen LogP contribution is 2.40. The maximum Gasteiger partial charge on any atom is 0.352 e. The fourth-order valence-electron chi connectivity index (χ4n) is 2.85. The van der Waals surface area contributed by atoms with Crippen LogP contribution in [-0.2, 0) is 11.8 Å². The lowest BCUT2D eigenvalue weighted by atomic mass is 9.96. The molecule has 1 aliphatic carbocycles. The molecule has 0 aromatic carbocycles. The highest BCUT2D eigenvalue weighted by atomic mass is 16.4. The molecule has 3 atom stereocenters. The van der Waals surface area contributed by atoms with Gasteiger partial charge in [0.2, 0.25) is 0 Å². The van der Waals surface area contributed by atoms with Gasteiger partial charge in [0, 0.05) is 19.2 Å². The second-order valence-corrected chi connectivity index (χ2v) is 4.76. The topological polar surface area (TPSA) is 79.5 Å². The summed E-state index contributed by atoms with van der Waals surface area (Å²) in [7, 11) is 1.89. The summed E-state index contributed by atoms with van der Waals surface area (Å²) in [6.45, 7) is 0. The lowest BCUT2D eigenvalue weighted by molar-refractivity contribution is -0.129. The smallest absolute Gasteiger partial charge is 0.352 e. The van der Waals surface area contributed by atoms with Gasteiger partial charge in [-0.25, -0.2) is 4.79 Å². The summed E-state index contributed by atoms with van der Waals surface area (Å²) in [5.41, 5.74) is 4.40. The van der Waals surface area contributed by atoms with Crippen LogP contribution in [0.25, 0.3) is 0 Å². The molecule has 1 aromatic rings. The third kappa shape index (κ3) is 1.60. The van der Waals surface area contributed by atoms with Crippen molar-refractivity contribution in [2.45, 2.75) is 24.8 Å². The molecule has 1 aromatic heterocycles. The number of hydrazone groups is 1. The lowest BCUT2D eigenvalue weighted by Crippen LogP contribution is -2.26. The Morgan fingerprint density at radius 3 is 3.06 bits per heavy atom. The molecule has 0 radical (unpaired) electrons. The van der Waals surface area contributed by atoms with Crippen molar-refractivity contribution < 1.29 is 9.90 Å².